The number of hydrogen-bond acceptors (Lipinski definition) is 5. The minimum atomic E-state index is -0.0299. The minimum absolute atomic E-state index is 0.0299. The van der Waals surface area contributed by atoms with Gasteiger partial charge in [0.1, 0.15) is 17.8 Å². The van der Waals surface area contributed by atoms with E-state index in [-0.39, 0.29) is 12.5 Å². The number of carbonyl (C=O) groups is 1. The Hall–Kier alpha value is -2.50. The second-order valence-electron chi connectivity index (χ2n) is 7.79. The first-order valence-corrected chi connectivity index (χ1v) is 10.2. The van der Waals surface area contributed by atoms with Crippen molar-refractivity contribution in [2.45, 2.75) is 45.1 Å². The summed E-state index contributed by atoms with van der Waals surface area (Å²) in [7, 11) is 1.62. The van der Waals surface area contributed by atoms with Gasteiger partial charge in [0.25, 0.3) is 5.91 Å². The summed E-state index contributed by atoms with van der Waals surface area (Å²) in [5.41, 5.74) is 0.373. The number of likely N-dealkylation sites (tertiary alicyclic amines) is 1. The van der Waals surface area contributed by atoms with Crippen molar-refractivity contribution in [3.8, 4) is 11.5 Å². The van der Waals surface area contributed by atoms with Crippen molar-refractivity contribution in [2.24, 2.45) is 11.8 Å². The molecule has 2 aromatic rings. The zero-order valence-electron chi connectivity index (χ0n) is 16.4. The molecule has 1 atom stereocenters. The van der Waals surface area contributed by atoms with Crippen molar-refractivity contribution >= 4 is 5.91 Å². The van der Waals surface area contributed by atoms with Gasteiger partial charge in [-0.2, -0.15) is 0 Å². The number of oxazole rings is 1. The van der Waals surface area contributed by atoms with Gasteiger partial charge < -0.3 is 18.8 Å². The fraction of sp³-hybridized carbons (Fsp3) is 0.545. The van der Waals surface area contributed by atoms with E-state index < -0.39 is 0 Å². The number of benzene rings is 1. The van der Waals surface area contributed by atoms with E-state index in [0.29, 0.717) is 23.3 Å². The number of aromatic nitrogens is 1. The van der Waals surface area contributed by atoms with Gasteiger partial charge in [-0.25, -0.2) is 4.98 Å². The molecule has 1 aromatic carbocycles. The maximum Gasteiger partial charge on any atom is 0.275 e. The smallest absolute Gasteiger partial charge is 0.275 e. The number of rotatable bonds is 6. The van der Waals surface area contributed by atoms with Gasteiger partial charge in [0.15, 0.2) is 12.3 Å². The number of carbonyl (C=O) groups excluding carboxylic acids is 1. The fourth-order valence-corrected chi connectivity index (χ4v) is 4.42. The van der Waals surface area contributed by atoms with Crippen molar-refractivity contribution in [2.75, 3.05) is 20.2 Å². The summed E-state index contributed by atoms with van der Waals surface area (Å²) in [6.07, 6.45) is 9.26. The molecular formula is C22H28N2O4. The van der Waals surface area contributed by atoms with Crippen molar-refractivity contribution in [3.63, 3.8) is 0 Å². The molecule has 0 spiro atoms. The molecule has 150 valence electrons. The van der Waals surface area contributed by atoms with Gasteiger partial charge in [0, 0.05) is 13.1 Å². The lowest BCUT2D eigenvalue weighted by atomic mass is 9.80. The fourth-order valence-electron chi connectivity index (χ4n) is 4.42. The number of amides is 1. The molecule has 2 fully saturated rings. The van der Waals surface area contributed by atoms with Gasteiger partial charge in [-0.1, -0.05) is 32.1 Å². The van der Waals surface area contributed by atoms with Gasteiger partial charge in [0.05, 0.1) is 7.11 Å². The highest BCUT2D eigenvalue weighted by Gasteiger charge is 2.33. The molecule has 1 aliphatic heterocycles. The average Bonchev–Trinajstić information content (AvgIpc) is 3.43. The third kappa shape index (κ3) is 4.32. The minimum Gasteiger partial charge on any atom is -0.497 e. The Bertz CT molecular complexity index is 780. The van der Waals surface area contributed by atoms with E-state index in [1.54, 1.807) is 7.11 Å². The first kappa shape index (κ1) is 18.8. The molecule has 1 amide bonds. The molecule has 0 N–H and O–H groups in total. The standard InChI is InChI=1S/C22H28N2O4/c1-26-18-7-9-19(10-8-18)27-15-21-23-20(14-28-21)22(25)24-12-11-17(13-24)16-5-3-2-4-6-16/h7-10,14,16-17H,2-6,11-13,15H2,1H3/t17-/m0/s1. The molecule has 1 aromatic heterocycles. The molecule has 0 bridgehead atoms. The molecule has 2 aliphatic rings. The van der Waals surface area contributed by atoms with Crippen LogP contribution >= 0.6 is 0 Å². The Morgan fingerprint density at radius 2 is 1.86 bits per heavy atom. The summed E-state index contributed by atoms with van der Waals surface area (Å²) in [5.74, 6) is 3.28. The predicted octanol–water partition coefficient (Wildman–Crippen LogP) is 4.30. The number of ether oxygens (including phenoxy) is 2. The van der Waals surface area contributed by atoms with Gasteiger partial charge in [-0.05, 0) is 42.5 Å². The van der Waals surface area contributed by atoms with Crippen molar-refractivity contribution in [3.05, 3.63) is 42.1 Å². The highest BCUT2D eigenvalue weighted by molar-refractivity contribution is 5.92. The Balaban J connectivity index is 1.30. The molecule has 2 heterocycles. The Morgan fingerprint density at radius 3 is 2.61 bits per heavy atom. The van der Waals surface area contributed by atoms with Crippen molar-refractivity contribution in [1.82, 2.24) is 9.88 Å². The van der Waals surface area contributed by atoms with Gasteiger partial charge in [-0.15, -0.1) is 0 Å². The van der Waals surface area contributed by atoms with Gasteiger partial charge in [0.2, 0.25) is 5.89 Å². The Labute approximate surface area is 165 Å². The number of nitrogens with zero attached hydrogens (tertiary/aromatic N) is 2. The molecule has 28 heavy (non-hydrogen) atoms. The van der Waals surface area contributed by atoms with E-state index >= 15 is 0 Å². The molecular weight excluding hydrogens is 356 g/mol. The third-order valence-corrected chi connectivity index (χ3v) is 6.02. The Kier molecular flexibility index (Phi) is 5.84. The first-order chi connectivity index (χ1) is 13.7. The van der Waals surface area contributed by atoms with Crippen LogP contribution in [-0.2, 0) is 6.61 Å². The Morgan fingerprint density at radius 1 is 1.11 bits per heavy atom. The topological polar surface area (TPSA) is 64.8 Å². The van der Waals surface area contributed by atoms with Crippen LogP contribution in [-0.4, -0.2) is 36.0 Å². The lowest BCUT2D eigenvalue weighted by Gasteiger charge is -2.27. The maximum atomic E-state index is 12.8. The van der Waals surface area contributed by atoms with Crippen LogP contribution in [0.1, 0.15) is 54.9 Å². The predicted molar refractivity (Wildman–Crippen MR) is 104 cm³/mol. The van der Waals surface area contributed by atoms with E-state index in [0.717, 1.165) is 31.2 Å². The third-order valence-electron chi connectivity index (χ3n) is 6.02. The summed E-state index contributed by atoms with van der Waals surface area (Å²) >= 11 is 0. The molecule has 1 saturated heterocycles. The number of hydrogen-bond donors (Lipinski definition) is 0. The summed E-state index contributed by atoms with van der Waals surface area (Å²) in [6, 6.07) is 7.30. The van der Waals surface area contributed by atoms with E-state index in [4.69, 9.17) is 13.9 Å². The summed E-state index contributed by atoms with van der Waals surface area (Å²) in [5, 5.41) is 0. The molecule has 0 radical (unpaired) electrons. The van der Waals surface area contributed by atoms with Crippen LogP contribution in [0, 0.1) is 11.8 Å². The summed E-state index contributed by atoms with van der Waals surface area (Å²) in [6.45, 7) is 1.86. The normalized spacial score (nSPS) is 20.3. The van der Waals surface area contributed by atoms with Crippen molar-refractivity contribution < 1.29 is 18.7 Å². The van der Waals surface area contributed by atoms with E-state index in [1.165, 1.54) is 38.4 Å². The molecule has 1 aliphatic carbocycles. The second-order valence-corrected chi connectivity index (χ2v) is 7.79. The molecule has 6 heteroatoms. The van der Waals surface area contributed by atoms with Crippen molar-refractivity contribution in [1.29, 1.82) is 0 Å². The molecule has 6 nitrogen and oxygen atoms in total. The van der Waals surface area contributed by atoms with Gasteiger partial charge >= 0.3 is 0 Å². The van der Waals surface area contributed by atoms with Crippen LogP contribution in [0.5, 0.6) is 11.5 Å². The number of methoxy groups -OCH3 is 1. The highest BCUT2D eigenvalue weighted by atomic mass is 16.5. The SMILES string of the molecule is COc1ccc(OCc2nc(C(=O)N3CC[C@H](C4CCCCC4)C3)co2)cc1. The zero-order valence-corrected chi connectivity index (χ0v) is 16.4. The van der Waals surface area contributed by atoms with Crippen LogP contribution in [0.3, 0.4) is 0 Å². The molecule has 4 rings (SSSR count). The van der Waals surface area contributed by atoms with E-state index in [1.807, 2.05) is 29.2 Å². The van der Waals surface area contributed by atoms with Crippen LogP contribution in [0.4, 0.5) is 0 Å². The second kappa shape index (κ2) is 8.67. The van der Waals surface area contributed by atoms with Crippen LogP contribution in [0.2, 0.25) is 0 Å². The lowest BCUT2D eigenvalue weighted by Crippen LogP contribution is -2.30. The first-order valence-electron chi connectivity index (χ1n) is 10.2. The quantitative estimate of drug-likeness (QED) is 0.743. The molecule has 0 unspecified atom stereocenters. The maximum absolute atomic E-state index is 12.8. The summed E-state index contributed by atoms with van der Waals surface area (Å²) in [4.78, 5) is 19.1. The largest absolute Gasteiger partial charge is 0.497 e. The summed E-state index contributed by atoms with van der Waals surface area (Å²) < 4.78 is 16.2. The zero-order chi connectivity index (χ0) is 19.3. The average molecular weight is 384 g/mol. The monoisotopic (exact) mass is 384 g/mol. The highest BCUT2D eigenvalue weighted by Crippen LogP contribution is 2.35. The van der Waals surface area contributed by atoms with Gasteiger partial charge in [-0.3, -0.25) is 4.79 Å². The van der Waals surface area contributed by atoms with E-state index in [2.05, 4.69) is 4.98 Å². The molecule has 1 saturated carbocycles. The lowest BCUT2D eigenvalue weighted by molar-refractivity contribution is 0.0773. The van der Waals surface area contributed by atoms with Crippen LogP contribution < -0.4 is 9.47 Å². The van der Waals surface area contributed by atoms with E-state index in [9.17, 15) is 4.79 Å². The van der Waals surface area contributed by atoms with Crippen LogP contribution in [0.15, 0.2) is 34.9 Å². The van der Waals surface area contributed by atoms with Crippen LogP contribution in [0.25, 0.3) is 0 Å².